The van der Waals surface area contributed by atoms with Crippen LogP contribution in [0.1, 0.15) is 97.2 Å². The van der Waals surface area contributed by atoms with Gasteiger partial charge in [0.15, 0.2) is 0 Å². The lowest BCUT2D eigenvalue weighted by atomic mass is 9.93. The van der Waals surface area contributed by atoms with Gasteiger partial charge in [-0.05, 0) is 122 Å². The number of hydrogen-bond donors (Lipinski definition) is 1. The highest BCUT2D eigenvalue weighted by molar-refractivity contribution is 9.10. The summed E-state index contributed by atoms with van der Waals surface area (Å²) in [7, 11) is 1.59. The Kier molecular flexibility index (Phi) is 13.2. The second-order valence-electron chi connectivity index (χ2n) is 13.2. The first-order valence-electron chi connectivity index (χ1n) is 17.8. The van der Waals surface area contributed by atoms with Crippen LogP contribution in [0.3, 0.4) is 0 Å². The van der Waals surface area contributed by atoms with Crippen LogP contribution in [0.5, 0.6) is 5.75 Å². The molecule has 2 N–H and O–H groups in total. The molecule has 51 heavy (non-hydrogen) atoms. The zero-order chi connectivity index (χ0) is 36.7. The first-order chi connectivity index (χ1) is 24.5. The molecule has 11 heteroatoms. The van der Waals surface area contributed by atoms with E-state index >= 15 is 0 Å². The molecule has 1 aliphatic rings. The molecule has 0 atom stereocenters. The number of nitrogen functional groups attached to an aromatic ring is 1. The number of rotatable bonds is 14. The molecule has 1 fully saturated rings. The monoisotopic (exact) mass is 778 g/mol. The van der Waals surface area contributed by atoms with Crippen molar-refractivity contribution in [2.24, 2.45) is 0 Å². The molecule has 1 amide bonds. The van der Waals surface area contributed by atoms with E-state index < -0.39 is 0 Å². The summed E-state index contributed by atoms with van der Waals surface area (Å²) in [6, 6.07) is 16.4. The molecule has 9 nitrogen and oxygen atoms in total. The number of aromatic nitrogens is 1. The summed E-state index contributed by atoms with van der Waals surface area (Å²) in [6.45, 7) is 7.85. The summed E-state index contributed by atoms with van der Waals surface area (Å²) in [6.07, 6.45) is 8.23. The first-order valence-corrected chi connectivity index (χ1v) is 19.0. The summed E-state index contributed by atoms with van der Waals surface area (Å²) in [5.74, 6) is -0.119. The molecule has 0 spiro atoms. The zero-order valence-corrected chi connectivity index (χ0v) is 32.3. The van der Waals surface area contributed by atoms with Crippen LogP contribution in [0, 0.1) is 6.92 Å². The Morgan fingerprint density at radius 2 is 1.71 bits per heavy atom. The Balaban J connectivity index is 1.23. The van der Waals surface area contributed by atoms with Crippen molar-refractivity contribution in [2.45, 2.75) is 84.7 Å². The highest BCUT2D eigenvalue weighted by Crippen LogP contribution is 2.37. The van der Waals surface area contributed by atoms with E-state index in [1.54, 1.807) is 53.0 Å². The Morgan fingerprint density at radius 1 is 0.980 bits per heavy atom. The molecular weight excluding hydrogens is 732 g/mol. The molecule has 0 saturated heterocycles. The number of benzene rings is 3. The number of anilines is 2. The first kappa shape index (κ1) is 38.4. The van der Waals surface area contributed by atoms with Crippen LogP contribution in [0.4, 0.5) is 11.4 Å². The van der Waals surface area contributed by atoms with E-state index in [2.05, 4.69) is 27.8 Å². The third-order valence-corrected chi connectivity index (χ3v) is 10.8. The molecule has 272 valence electrons. The van der Waals surface area contributed by atoms with Gasteiger partial charge in [-0.2, -0.15) is 0 Å². The van der Waals surface area contributed by atoms with E-state index in [4.69, 9.17) is 26.8 Å². The maximum absolute atomic E-state index is 13.8. The van der Waals surface area contributed by atoms with Crippen molar-refractivity contribution < 1.29 is 23.9 Å². The van der Waals surface area contributed by atoms with Crippen molar-refractivity contribution in [1.29, 1.82) is 0 Å². The standard InChI is InChI=1S/C40H48BrClN4O5/c1-5-44(32-12-8-6-9-13-32)25-30-22-29(23-35(41)37(30)43)40(49)51-21-11-7-10-20-45(27(3)47)38-26(2)46(36-19-18-33(50-4)24-34(36)38)39(48)28-14-16-31(42)17-15-28/h14-19,22-24,32H,5-13,20-21,25,43H2,1-4H3. The maximum atomic E-state index is 13.8. The fraction of sp³-hybridized carbons (Fsp3) is 0.425. The molecule has 5 rings (SSSR count). The van der Waals surface area contributed by atoms with Crippen LogP contribution in [-0.4, -0.2) is 60.1 Å². The number of carbonyl (C=O) groups is 3. The lowest BCUT2D eigenvalue weighted by Gasteiger charge is -2.34. The van der Waals surface area contributed by atoms with Gasteiger partial charge in [0.05, 0.1) is 36.2 Å². The van der Waals surface area contributed by atoms with Gasteiger partial charge in [-0.1, -0.05) is 37.8 Å². The average Bonchev–Trinajstić information content (AvgIpc) is 3.42. The summed E-state index contributed by atoms with van der Waals surface area (Å²) in [4.78, 5) is 44.2. The maximum Gasteiger partial charge on any atom is 0.338 e. The van der Waals surface area contributed by atoms with E-state index in [9.17, 15) is 14.4 Å². The van der Waals surface area contributed by atoms with Crippen molar-refractivity contribution >= 4 is 67.6 Å². The smallest absolute Gasteiger partial charge is 0.338 e. The summed E-state index contributed by atoms with van der Waals surface area (Å²) in [5.41, 5.74) is 11.0. The predicted octanol–water partition coefficient (Wildman–Crippen LogP) is 9.18. The van der Waals surface area contributed by atoms with E-state index in [0.717, 1.165) is 23.9 Å². The lowest BCUT2D eigenvalue weighted by Crippen LogP contribution is -2.36. The summed E-state index contributed by atoms with van der Waals surface area (Å²) < 4.78 is 13.5. The molecule has 1 saturated carbocycles. The Bertz CT molecular complexity index is 1870. The van der Waals surface area contributed by atoms with Crippen LogP contribution in [-0.2, 0) is 16.1 Å². The minimum atomic E-state index is -0.384. The number of unbranched alkanes of at least 4 members (excludes halogenated alkanes) is 2. The number of methoxy groups -OCH3 is 1. The van der Waals surface area contributed by atoms with Gasteiger partial charge in [0.25, 0.3) is 5.91 Å². The number of carbonyl (C=O) groups excluding carboxylic acids is 3. The quantitative estimate of drug-likeness (QED) is 0.0773. The Morgan fingerprint density at radius 3 is 2.37 bits per heavy atom. The van der Waals surface area contributed by atoms with E-state index in [0.29, 0.717) is 80.9 Å². The SMILES string of the molecule is CCN(Cc1cc(C(=O)OCCCCCN(C(C)=O)c2c(C)n(C(=O)c3ccc(Cl)cc3)c3ccc(OC)cc23)cc(Br)c1N)C1CCCCC1. The van der Waals surface area contributed by atoms with Gasteiger partial charge in [-0.15, -0.1) is 0 Å². The number of hydrogen-bond acceptors (Lipinski definition) is 7. The molecule has 4 aromatic rings. The van der Waals surface area contributed by atoms with E-state index in [1.807, 2.05) is 25.1 Å². The lowest BCUT2D eigenvalue weighted by molar-refractivity contribution is -0.116. The van der Waals surface area contributed by atoms with Crippen LogP contribution < -0.4 is 15.4 Å². The zero-order valence-electron chi connectivity index (χ0n) is 30.0. The molecule has 0 aliphatic heterocycles. The van der Waals surface area contributed by atoms with Crippen LogP contribution in [0.15, 0.2) is 59.1 Å². The van der Waals surface area contributed by atoms with Gasteiger partial charge in [0.1, 0.15) is 5.75 Å². The van der Waals surface area contributed by atoms with Crippen LogP contribution >= 0.6 is 27.5 Å². The van der Waals surface area contributed by atoms with Crippen molar-refractivity contribution in [1.82, 2.24) is 9.47 Å². The minimum Gasteiger partial charge on any atom is -0.497 e. The summed E-state index contributed by atoms with van der Waals surface area (Å²) in [5, 5.41) is 1.28. The third-order valence-electron chi connectivity index (χ3n) is 9.90. The topological polar surface area (TPSA) is 107 Å². The Labute approximate surface area is 314 Å². The van der Waals surface area contributed by atoms with Crippen molar-refractivity contribution in [3.05, 3.63) is 86.5 Å². The van der Waals surface area contributed by atoms with E-state index in [1.165, 1.54) is 39.0 Å². The predicted molar refractivity (Wildman–Crippen MR) is 208 cm³/mol. The van der Waals surface area contributed by atoms with Gasteiger partial charge in [0.2, 0.25) is 5.91 Å². The highest BCUT2D eigenvalue weighted by atomic mass is 79.9. The van der Waals surface area contributed by atoms with Crippen molar-refractivity contribution in [2.75, 3.05) is 37.4 Å². The molecule has 3 aromatic carbocycles. The largest absolute Gasteiger partial charge is 0.497 e. The van der Waals surface area contributed by atoms with Gasteiger partial charge in [0, 0.05) is 52.2 Å². The minimum absolute atomic E-state index is 0.139. The second kappa shape index (κ2) is 17.6. The second-order valence-corrected chi connectivity index (χ2v) is 14.5. The van der Waals surface area contributed by atoms with Gasteiger partial charge in [-0.3, -0.25) is 19.1 Å². The molecular formula is C40H48BrClN4O5. The normalized spacial score (nSPS) is 13.5. The van der Waals surface area contributed by atoms with Gasteiger partial charge < -0.3 is 20.1 Å². The van der Waals surface area contributed by atoms with Gasteiger partial charge >= 0.3 is 5.97 Å². The average molecular weight is 780 g/mol. The van der Waals surface area contributed by atoms with Crippen LogP contribution in [0.2, 0.25) is 5.02 Å². The Hall–Kier alpha value is -3.86. The number of fused-ring (bicyclic) bond motifs is 1. The molecule has 1 aromatic heterocycles. The molecule has 1 aliphatic carbocycles. The number of halogens is 2. The molecule has 0 radical (unpaired) electrons. The number of nitrogens with two attached hydrogens (primary N) is 1. The molecule has 1 heterocycles. The number of esters is 1. The van der Waals surface area contributed by atoms with E-state index in [-0.39, 0.29) is 24.4 Å². The fourth-order valence-electron chi connectivity index (χ4n) is 7.14. The van der Waals surface area contributed by atoms with Crippen molar-refractivity contribution in [3.63, 3.8) is 0 Å². The third kappa shape index (κ3) is 8.96. The highest BCUT2D eigenvalue weighted by Gasteiger charge is 2.26. The number of amides is 1. The molecule has 0 bridgehead atoms. The summed E-state index contributed by atoms with van der Waals surface area (Å²) >= 11 is 9.63. The van der Waals surface area contributed by atoms with Crippen molar-refractivity contribution in [3.8, 4) is 5.75 Å². The number of nitrogens with zero attached hydrogens (tertiary/aromatic N) is 3. The van der Waals surface area contributed by atoms with Crippen LogP contribution in [0.25, 0.3) is 10.9 Å². The fourth-order valence-corrected chi connectivity index (χ4v) is 7.77. The molecule has 0 unspecified atom stereocenters. The number of ether oxygens (including phenoxy) is 2. The van der Waals surface area contributed by atoms with Gasteiger partial charge in [-0.25, -0.2) is 4.79 Å².